The van der Waals surface area contributed by atoms with Crippen molar-refractivity contribution >= 4 is 0 Å². The minimum Gasteiger partial charge on any atom is -0.307 e. The summed E-state index contributed by atoms with van der Waals surface area (Å²) in [6.07, 6.45) is 5.09. The maximum absolute atomic E-state index is 3.76. The van der Waals surface area contributed by atoms with Gasteiger partial charge >= 0.3 is 0 Å². The molecule has 0 heterocycles. The highest BCUT2D eigenvalue weighted by Crippen LogP contribution is 2.17. The van der Waals surface area contributed by atoms with Gasteiger partial charge in [0.05, 0.1) is 0 Å². The zero-order valence-electron chi connectivity index (χ0n) is 11.8. The minimum atomic E-state index is 0.456. The minimum absolute atomic E-state index is 0.456. The third-order valence-corrected chi connectivity index (χ3v) is 3.30. The monoisotopic (exact) mass is 233 g/mol. The molecule has 0 saturated heterocycles. The molecule has 1 nitrogen and oxygen atoms in total. The van der Waals surface area contributed by atoms with E-state index >= 15 is 0 Å². The zero-order valence-corrected chi connectivity index (χ0v) is 11.8. The number of nitrogens with one attached hydrogen (secondary N) is 1. The Morgan fingerprint density at radius 3 is 2.29 bits per heavy atom. The third kappa shape index (κ3) is 4.91. The number of rotatable bonds is 7. The maximum atomic E-state index is 3.76. The van der Waals surface area contributed by atoms with Crippen LogP contribution in [0.25, 0.3) is 0 Å². The van der Waals surface area contributed by atoms with Crippen molar-refractivity contribution in [1.82, 2.24) is 5.32 Å². The molecule has 1 atom stereocenters. The molecule has 0 fully saturated rings. The molecule has 1 N–H and O–H groups in total. The first-order chi connectivity index (χ1) is 8.17. The van der Waals surface area contributed by atoms with Gasteiger partial charge in [0.1, 0.15) is 0 Å². The van der Waals surface area contributed by atoms with Crippen LogP contribution >= 0.6 is 0 Å². The Morgan fingerprint density at radius 2 is 1.76 bits per heavy atom. The number of aryl methyl sites for hydroxylation is 1. The topological polar surface area (TPSA) is 12.0 Å². The van der Waals surface area contributed by atoms with Crippen LogP contribution in [0, 0.1) is 6.92 Å². The molecule has 0 aliphatic rings. The summed E-state index contributed by atoms with van der Waals surface area (Å²) in [7, 11) is 0. The molecule has 0 spiro atoms. The van der Waals surface area contributed by atoms with Gasteiger partial charge in [0, 0.05) is 12.1 Å². The average Bonchev–Trinajstić information content (AvgIpc) is 2.29. The summed E-state index contributed by atoms with van der Waals surface area (Å²) in [5.74, 6) is 0. The van der Waals surface area contributed by atoms with Crippen LogP contribution in [-0.4, -0.2) is 6.04 Å². The predicted molar refractivity (Wildman–Crippen MR) is 76.3 cm³/mol. The summed E-state index contributed by atoms with van der Waals surface area (Å²) < 4.78 is 0. The van der Waals surface area contributed by atoms with Crippen LogP contribution in [0.4, 0.5) is 0 Å². The maximum Gasteiger partial charge on any atom is 0.0294 e. The highest BCUT2D eigenvalue weighted by Gasteiger charge is 2.11. The molecule has 0 bridgehead atoms. The van der Waals surface area contributed by atoms with E-state index < -0.39 is 0 Å². The van der Waals surface area contributed by atoms with Crippen LogP contribution in [0.5, 0.6) is 0 Å². The Bertz CT molecular complexity index is 313. The van der Waals surface area contributed by atoms with Crippen LogP contribution in [0.2, 0.25) is 0 Å². The molecule has 96 valence electrons. The summed E-state index contributed by atoms with van der Waals surface area (Å²) in [6.45, 7) is 8.96. The van der Waals surface area contributed by atoms with Crippen LogP contribution in [-0.2, 0) is 0 Å². The Labute approximate surface area is 107 Å². The zero-order chi connectivity index (χ0) is 12.7. The molecule has 1 aromatic carbocycles. The van der Waals surface area contributed by atoms with Crippen LogP contribution < -0.4 is 5.32 Å². The fourth-order valence-electron chi connectivity index (χ4n) is 2.40. The quantitative estimate of drug-likeness (QED) is 0.725. The van der Waals surface area contributed by atoms with E-state index in [1.165, 1.54) is 36.8 Å². The van der Waals surface area contributed by atoms with Crippen molar-refractivity contribution in [2.24, 2.45) is 0 Å². The van der Waals surface area contributed by atoms with Crippen LogP contribution in [0.1, 0.15) is 63.6 Å². The Hall–Kier alpha value is -0.820. The lowest BCUT2D eigenvalue weighted by atomic mass is 10.0. The second kappa shape index (κ2) is 7.50. The molecule has 0 aromatic heterocycles. The van der Waals surface area contributed by atoms with E-state index in [2.05, 4.69) is 57.3 Å². The van der Waals surface area contributed by atoms with Gasteiger partial charge in [-0.3, -0.25) is 0 Å². The lowest BCUT2D eigenvalue weighted by Gasteiger charge is -2.23. The SMILES string of the molecule is CCCC(CCC)N[C@H](C)c1cccc(C)c1. The second-order valence-electron chi connectivity index (χ2n) is 5.08. The Balaban J connectivity index is 2.59. The second-order valence-corrected chi connectivity index (χ2v) is 5.08. The lowest BCUT2D eigenvalue weighted by molar-refractivity contribution is 0.402. The summed E-state index contributed by atoms with van der Waals surface area (Å²) in [5.41, 5.74) is 2.75. The van der Waals surface area contributed by atoms with E-state index in [1.807, 2.05) is 0 Å². The van der Waals surface area contributed by atoms with Crippen LogP contribution in [0.3, 0.4) is 0 Å². The van der Waals surface area contributed by atoms with Gasteiger partial charge in [0.15, 0.2) is 0 Å². The van der Waals surface area contributed by atoms with E-state index in [1.54, 1.807) is 0 Å². The van der Waals surface area contributed by atoms with E-state index in [0.29, 0.717) is 12.1 Å². The molecular weight excluding hydrogens is 206 g/mol. The van der Waals surface area contributed by atoms with E-state index in [4.69, 9.17) is 0 Å². The van der Waals surface area contributed by atoms with Crippen molar-refractivity contribution in [2.75, 3.05) is 0 Å². The Kier molecular flexibility index (Phi) is 6.28. The van der Waals surface area contributed by atoms with Gasteiger partial charge < -0.3 is 5.32 Å². The van der Waals surface area contributed by atoms with Gasteiger partial charge in [0.25, 0.3) is 0 Å². The van der Waals surface area contributed by atoms with E-state index in [-0.39, 0.29) is 0 Å². The highest BCUT2D eigenvalue weighted by molar-refractivity contribution is 5.24. The average molecular weight is 233 g/mol. The normalized spacial score (nSPS) is 13.0. The van der Waals surface area contributed by atoms with E-state index in [9.17, 15) is 0 Å². The van der Waals surface area contributed by atoms with Gasteiger partial charge in [0.2, 0.25) is 0 Å². The molecule has 0 saturated carbocycles. The largest absolute Gasteiger partial charge is 0.307 e. The van der Waals surface area contributed by atoms with Crippen molar-refractivity contribution in [3.63, 3.8) is 0 Å². The molecule has 0 radical (unpaired) electrons. The Morgan fingerprint density at radius 1 is 1.12 bits per heavy atom. The summed E-state index contributed by atoms with van der Waals surface area (Å²) in [6, 6.07) is 9.94. The van der Waals surface area contributed by atoms with Gasteiger partial charge in [-0.25, -0.2) is 0 Å². The van der Waals surface area contributed by atoms with Crippen molar-refractivity contribution in [1.29, 1.82) is 0 Å². The summed E-state index contributed by atoms with van der Waals surface area (Å²) in [4.78, 5) is 0. The fraction of sp³-hybridized carbons (Fsp3) is 0.625. The number of hydrogen-bond acceptors (Lipinski definition) is 1. The van der Waals surface area contributed by atoms with Gasteiger partial charge in [-0.05, 0) is 32.3 Å². The standard InChI is InChI=1S/C16H27N/c1-5-8-16(9-6-2)17-14(4)15-11-7-10-13(3)12-15/h7,10-12,14,16-17H,5-6,8-9H2,1-4H3/t14-/m1/s1. The lowest BCUT2D eigenvalue weighted by Crippen LogP contribution is -2.31. The first-order valence-corrected chi connectivity index (χ1v) is 7.00. The van der Waals surface area contributed by atoms with Crippen molar-refractivity contribution < 1.29 is 0 Å². The van der Waals surface area contributed by atoms with Gasteiger partial charge in [-0.1, -0.05) is 56.5 Å². The molecule has 0 aliphatic heterocycles. The van der Waals surface area contributed by atoms with Gasteiger partial charge in [-0.2, -0.15) is 0 Å². The van der Waals surface area contributed by atoms with Crippen LogP contribution in [0.15, 0.2) is 24.3 Å². The third-order valence-electron chi connectivity index (χ3n) is 3.30. The molecule has 1 aromatic rings. The molecule has 1 heteroatoms. The smallest absolute Gasteiger partial charge is 0.0294 e. The van der Waals surface area contributed by atoms with Crippen molar-refractivity contribution in [2.45, 2.75) is 65.5 Å². The fourth-order valence-corrected chi connectivity index (χ4v) is 2.40. The number of benzene rings is 1. The van der Waals surface area contributed by atoms with Crippen molar-refractivity contribution in [3.8, 4) is 0 Å². The van der Waals surface area contributed by atoms with E-state index in [0.717, 1.165) is 0 Å². The molecule has 0 amide bonds. The van der Waals surface area contributed by atoms with Gasteiger partial charge in [-0.15, -0.1) is 0 Å². The molecule has 0 aliphatic carbocycles. The molecule has 1 rings (SSSR count). The molecule has 0 unspecified atom stereocenters. The summed E-state index contributed by atoms with van der Waals surface area (Å²) in [5, 5.41) is 3.76. The molecule has 17 heavy (non-hydrogen) atoms. The highest BCUT2D eigenvalue weighted by atomic mass is 14.9. The molecular formula is C16H27N. The summed E-state index contributed by atoms with van der Waals surface area (Å²) >= 11 is 0. The number of hydrogen-bond donors (Lipinski definition) is 1. The predicted octanol–water partition coefficient (Wildman–Crippen LogP) is 4.61. The first kappa shape index (κ1) is 14.2. The first-order valence-electron chi connectivity index (χ1n) is 7.00. The van der Waals surface area contributed by atoms with Crippen molar-refractivity contribution in [3.05, 3.63) is 35.4 Å².